The normalized spacial score (nSPS) is 12.3. The molecule has 1 N–H and O–H groups in total. The number of hydrogen-bond acceptors (Lipinski definition) is 5. The molecule has 0 saturated heterocycles. The number of thiophene rings is 1. The number of nitrogens with one attached hydrogen (secondary N) is 1. The fourth-order valence-corrected chi connectivity index (χ4v) is 4.65. The van der Waals surface area contributed by atoms with Crippen LogP contribution in [0.1, 0.15) is 17.4 Å². The van der Waals surface area contributed by atoms with E-state index < -0.39 is 10.0 Å². The number of ether oxygens (including phenoxy) is 1. The number of hydrogen-bond donors (Lipinski definition) is 1. The number of likely N-dealkylation sites (N-methyl/N-ethyl adjacent to an activating group) is 1. The zero-order chi connectivity index (χ0) is 14.5. The third kappa shape index (κ3) is 4.00. The predicted octanol–water partition coefficient (Wildman–Crippen LogP) is 1.43. The second kappa shape index (κ2) is 7.35. The molecule has 0 radical (unpaired) electrons. The van der Waals surface area contributed by atoms with Gasteiger partial charge >= 0.3 is 0 Å². The number of sulfonamides is 1. The van der Waals surface area contributed by atoms with Crippen molar-refractivity contribution in [1.29, 1.82) is 0 Å². The lowest BCUT2D eigenvalue weighted by Crippen LogP contribution is -2.31. The zero-order valence-electron chi connectivity index (χ0n) is 11.9. The maximum absolute atomic E-state index is 12.6. The zero-order valence-corrected chi connectivity index (χ0v) is 13.5. The van der Waals surface area contributed by atoms with E-state index in [9.17, 15) is 8.42 Å². The Bertz CT molecular complexity index is 497. The van der Waals surface area contributed by atoms with Gasteiger partial charge in [-0.05, 0) is 31.8 Å². The molecule has 0 aromatic carbocycles. The van der Waals surface area contributed by atoms with E-state index in [-0.39, 0.29) is 0 Å². The summed E-state index contributed by atoms with van der Waals surface area (Å²) in [4.78, 5) is 1.29. The van der Waals surface area contributed by atoms with E-state index >= 15 is 0 Å². The smallest absolute Gasteiger partial charge is 0.244 e. The van der Waals surface area contributed by atoms with Crippen LogP contribution < -0.4 is 5.32 Å². The molecule has 1 aromatic rings. The standard InChI is InChI=1S/C12H22N2O3S2/c1-5-17-7-6-14(4)19(15,16)12-10(2)9-18-11(12)8-13-3/h9,13H,5-8H2,1-4H3. The second-order valence-electron chi connectivity index (χ2n) is 4.22. The third-order valence-electron chi connectivity index (χ3n) is 2.75. The molecule has 1 aromatic heterocycles. The minimum absolute atomic E-state index is 0.366. The summed E-state index contributed by atoms with van der Waals surface area (Å²) in [6.07, 6.45) is 0. The van der Waals surface area contributed by atoms with Gasteiger partial charge < -0.3 is 10.1 Å². The third-order valence-corrected chi connectivity index (χ3v) is 6.07. The molecule has 0 unspecified atom stereocenters. The van der Waals surface area contributed by atoms with Crippen LogP contribution in [-0.2, 0) is 21.3 Å². The van der Waals surface area contributed by atoms with Crippen LogP contribution in [0.15, 0.2) is 10.3 Å². The van der Waals surface area contributed by atoms with Gasteiger partial charge in [-0.15, -0.1) is 11.3 Å². The van der Waals surface area contributed by atoms with Crippen molar-refractivity contribution in [1.82, 2.24) is 9.62 Å². The minimum Gasteiger partial charge on any atom is -0.380 e. The van der Waals surface area contributed by atoms with E-state index in [4.69, 9.17) is 4.74 Å². The summed E-state index contributed by atoms with van der Waals surface area (Å²) in [7, 11) is -0.0342. The van der Waals surface area contributed by atoms with Gasteiger partial charge in [0, 0.05) is 31.6 Å². The van der Waals surface area contributed by atoms with Gasteiger partial charge in [-0.2, -0.15) is 4.31 Å². The number of rotatable bonds is 8. The van der Waals surface area contributed by atoms with Gasteiger partial charge in [-0.1, -0.05) is 0 Å². The Labute approximate surface area is 119 Å². The van der Waals surface area contributed by atoms with Gasteiger partial charge in [0.05, 0.1) is 6.61 Å². The predicted molar refractivity (Wildman–Crippen MR) is 78.1 cm³/mol. The van der Waals surface area contributed by atoms with E-state index in [1.54, 1.807) is 7.05 Å². The summed E-state index contributed by atoms with van der Waals surface area (Å²) < 4.78 is 31.7. The van der Waals surface area contributed by atoms with E-state index in [2.05, 4.69) is 5.32 Å². The van der Waals surface area contributed by atoms with Crippen LogP contribution in [0.2, 0.25) is 0 Å². The van der Waals surface area contributed by atoms with Crippen molar-refractivity contribution in [3.05, 3.63) is 15.8 Å². The van der Waals surface area contributed by atoms with Crippen LogP contribution in [0.4, 0.5) is 0 Å². The molecule has 19 heavy (non-hydrogen) atoms. The topological polar surface area (TPSA) is 58.6 Å². The molecule has 1 rings (SSSR count). The average Bonchev–Trinajstić information content (AvgIpc) is 2.71. The first kappa shape index (κ1) is 16.6. The summed E-state index contributed by atoms with van der Waals surface area (Å²) in [5.41, 5.74) is 0.804. The molecule has 0 aliphatic rings. The molecule has 7 heteroatoms. The molecule has 1 heterocycles. The molecule has 0 aliphatic carbocycles. The van der Waals surface area contributed by atoms with E-state index in [1.807, 2.05) is 26.3 Å². The molecule has 0 amide bonds. The van der Waals surface area contributed by atoms with Crippen LogP contribution in [0, 0.1) is 6.92 Å². The van der Waals surface area contributed by atoms with Crippen molar-refractivity contribution in [2.75, 3.05) is 33.9 Å². The molecule has 0 bridgehead atoms. The Morgan fingerprint density at radius 2 is 2.16 bits per heavy atom. The van der Waals surface area contributed by atoms with Gasteiger partial charge in [0.2, 0.25) is 10.0 Å². The molecule has 5 nitrogen and oxygen atoms in total. The Morgan fingerprint density at radius 3 is 2.74 bits per heavy atom. The molecule has 0 fully saturated rings. The summed E-state index contributed by atoms with van der Waals surface area (Å²) in [6, 6.07) is 0. The SMILES string of the molecule is CCOCCN(C)S(=O)(=O)c1c(C)csc1CNC. The fourth-order valence-electron chi connectivity index (χ4n) is 1.73. The van der Waals surface area contributed by atoms with Crippen molar-refractivity contribution in [2.45, 2.75) is 25.3 Å². The Morgan fingerprint density at radius 1 is 1.47 bits per heavy atom. The van der Waals surface area contributed by atoms with Gasteiger partial charge in [0.25, 0.3) is 0 Å². The molecule has 0 saturated carbocycles. The first-order valence-electron chi connectivity index (χ1n) is 6.20. The maximum Gasteiger partial charge on any atom is 0.244 e. The molecular weight excluding hydrogens is 284 g/mol. The molecule has 0 spiro atoms. The van der Waals surface area contributed by atoms with Crippen LogP contribution >= 0.6 is 11.3 Å². The van der Waals surface area contributed by atoms with Crippen LogP contribution in [0.5, 0.6) is 0 Å². The summed E-state index contributed by atoms with van der Waals surface area (Å²) in [5.74, 6) is 0. The number of nitrogens with zero attached hydrogens (tertiary/aromatic N) is 1. The largest absolute Gasteiger partial charge is 0.380 e. The first-order chi connectivity index (χ1) is 8.95. The summed E-state index contributed by atoms with van der Waals surface area (Å²) in [6.45, 7) is 5.66. The highest BCUT2D eigenvalue weighted by atomic mass is 32.2. The van der Waals surface area contributed by atoms with Crippen molar-refractivity contribution in [2.24, 2.45) is 0 Å². The van der Waals surface area contributed by atoms with E-state index in [0.717, 1.165) is 10.4 Å². The van der Waals surface area contributed by atoms with E-state index in [0.29, 0.717) is 31.2 Å². The minimum atomic E-state index is -3.44. The average molecular weight is 306 g/mol. The van der Waals surface area contributed by atoms with Crippen molar-refractivity contribution in [3.63, 3.8) is 0 Å². The molecule has 0 atom stereocenters. The van der Waals surface area contributed by atoms with Crippen LogP contribution in [-0.4, -0.2) is 46.6 Å². The maximum atomic E-state index is 12.6. The molecular formula is C12H22N2O3S2. The van der Waals surface area contributed by atoms with E-state index in [1.165, 1.54) is 15.6 Å². The Hall–Kier alpha value is -0.470. The van der Waals surface area contributed by atoms with Gasteiger partial charge in [-0.3, -0.25) is 0 Å². The quantitative estimate of drug-likeness (QED) is 0.738. The molecule has 0 aliphatic heterocycles. The van der Waals surface area contributed by atoms with Crippen LogP contribution in [0.25, 0.3) is 0 Å². The second-order valence-corrected chi connectivity index (χ2v) is 7.17. The van der Waals surface area contributed by atoms with Crippen molar-refractivity contribution in [3.8, 4) is 0 Å². The highest BCUT2D eigenvalue weighted by Gasteiger charge is 2.26. The highest BCUT2D eigenvalue weighted by molar-refractivity contribution is 7.89. The molecule has 110 valence electrons. The van der Waals surface area contributed by atoms with Gasteiger partial charge in [-0.25, -0.2) is 8.42 Å². The van der Waals surface area contributed by atoms with Crippen molar-refractivity contribution >= 4 is 21.4 Å². The lowest BCUT2D eigenvalue weighted by molar-refractivity contribution is 0.138. The number of aryl methyl sites for hydroxylation is 1. The monoisotopic (exact) mass is 306 g/mol. The van der Waals surface area contributed by atoms with Crippen molar-refractivity contribution < 1.29 is 13.2 Å². The fraction of sp³-hybridized carbons (Fsp3) is 0.667. The highest BCUT2D eigenvalue weighted by Crippen LogP contribution is 2.28. The first-order valence-corrected chi connectivity index (χ1v) is 8.52. The summed E-state index contributed by atoms with van der Waals surface area (Å²) >= 11 is 1.47. The van der Waals surface area contributed by atoms with Gasteiger partial charge in [0.1, 0.15) is 4.90 Å². The Kier molecular flexibility index (Phi) is 6.41. The summed E-state index contributed by atoms with van der Waals surface area (Å²) in [5, 5.41) is 4.89. The lowest BCUT2D eigenvalue weighted by atomic mass is 10.3. The van der Waals surface area contributed by atoms with Gasteiger partial charge in [0.15, 0.2) is 0 Å². The van der Waals surface area contributed by atoms with Crippen LogP contribution in [0.3, 0.4) is 0 Å². The lowest BCUT2D eigenvalue weighted by Gasteiger charge is -2.18. The Balaban J connectivity index is 2.96.